The molecule has 0 aliphatic rings. The van der Waals surface area contributed by atoms with Gasteiger partial charge in [-0.05, 0) is 99.7 Å². The fraction of sp³-hybridized carbons (Fsp3) is 0.822. The fourth-order valence-electron chi connectivity index (χ4n) is 7.72. The molecule has 0 fully saturated rings. The number of ether oxygens (including phenoxy) is 4. The number of benzene rings is 1. The third-order valence-corrected chi connectivity index (χ3v) is 13.3. The normalized spacial score (nSPS) is 20.5. The van der Waals surface area contributed by atoms with Crippen LogP contribution in [0, 0.1) is 51.8 Å². The van der Waals surface area contributed by atoms with E-state index in [9.17, 15) is 9.59 Å². The minimum atomic E-state index is -1.89. The molecule has 0 bridgehead atoms. The van der Waals surface area contributed by atoms with Crippen LogP contribution in [-0.2, 0) is 19.1 Å². The summed E-state index contributed by atoms with van der Waals surface area (Å²) in [4.78, 5) is 27.1. The number of carbonyl (C=O) groups excluding carboxylic acids is 2. The second-order valence-electron chi connectivity index (χ2n) is 18.7. The fourth-order valence-corrected chi connectivity index (χ4v) is 7.72. The van der Waals surface area contributed by atoms with Crippen molar-refractivity contribution in [2.45, 2.75) is 154 Å². The number of rotatable bonds is 24. The van der Waals surface area contributed by atoms with Crippen LogP contribution < -0.4 is 26.3 Å². The summed E-state index contributed by atoms with van der Waals surface area (Å²) in [5, 5.41) is 3.15. The van der Waals surface area contributed by atoms with Crippen LogP contribution in [0.2, 0.25) is 0 Å². The number of nitrogens with two attached hydrogens (primary N) is 2. The molecule has 10 atom stereocenters. The highest BCUT2D eigenvalue weighted by atomic mass is 16.5. The van der Waals surface area contributed by atoms with Crippen molar-refractivity contribution in [1.29, 1.82) is 0 Å². The Morgan fingerprint density at radius 3 is 1.94 bits per heavy atom. The van der Waals surface area contributed by atoms with E-state index in [-0.39, 0.29) is 658 Å². The molecule has 0 radical (unpaired) electrons. The second kappa shape index (κ2) is 20.7. The maximum atomic E-state index is 14.4. The lowest BCUT2D eigenvalue weighted by atomic mass is 9.61. The van der Waals surface area contributed by atoms with E-state index in [0.29, 0.717) is 31.1 Å². The van der Waals surface area contributed by atoms with Crippen molar-refractivity contribution in [3.05, 3.63) is 23.8 Å². The quantitative estimate of drug-likeness (QED) is 0.0938. The minimum Gasteiger partial charge on any atom is -0.490 e. The summed E-state index contributed by atoms with van der Waals surface area (Å²) in [7, 11) is 1.67. The Labute approximate surface area is 956 Å². The maximum Gasteiger partial charge on any atom is 0.226 e. The van der Waals surface area contributed by atoms with E-state index in [1.165, 1.54) is 6.92 Å². The Morgan fingerprint density at radius 2 is 1.48 bits per heavy atom. The van der Waals surface area contributed by atoms with Gasteiger partial charge in [-0.3, -0.25) is 9.59 Å². The molecule has 0 aliphatic carbocycles. The highest BCUT2D eigenvalue weighted by molar-refractivity contribution is 5.85. The Hall–Kier alpha value is -2.36. The van der Waals surface area contributed by atoms with Crippen LogP contribution in [0.15, 0.2) is 18.2 Å². The average Bonchev–Trinajstić information content (AvgIpc) is 3.09. The van der Waals surface area contributed by atoms with E-state index >= 15 is 0 Å². The van der Waals surface area contributed by atoms with Crippen LogP contribution in [0.1, 0.15) is 743 Å². The van der Waals surface area contributed by atoms with E-state index in [1.54, 1.807) is 13.2 Å². The third kappa shape index (κ3) is 12.3. The van der Waals surface area contributed by atoms with Gasteiger partial charge in [0.1, 0.15) is 0 Å². The minimum absolute atomic E-state index is 0. The number of primary amides is 1. The lowest BCUT2D eigenvalue weighted by Gasteiger charge is -2.49. The van der Waals surface area contributed by atoms with Gasteiger partial charge in [0.15, 0.2) is 11.5 Å². The maximum absolute atomic E-state index is 14.4. The van der Waals surface area contributed by atoms with Gasteiger partial charge >= 0.3 is 0 Å². The Kier molecular flexibility index (Phi) is 17.6. The highest BCUT2D eigenvalue weighted by Crippen LogP contribution is 2.47. The zero-order chi connectivity index (χ0) is 43.8. The predicted octanol–water partition coefficient (Wildman–Crippen LogP) is 112. The third-order valence-electron chi connectivity index (χ3n) is 13.3. The number of hydrogen-bond donors (Lipinski definition) is 3. The number of nitrogens with one attached hydrogen (secondary N) is 1. The van der Waals surface area contributed by atoms with Crippen molar-refractivity contribution < 1.29 is 629 Å². The molecule has 0 aromatic heterocycles. The molecule has 6 unspecified atom stereocenters. The molecule has 9 nitrogen and oxygen atoms in total. The second-order valence-corrected chi connectivity index (χ2v) is 18.7. The Balaban J connectivity index is -0.000000000179. The van der Waals surface area contributed by atoms with Crippen LogP contribution in [-0.4, -0.2) is 63.0 Å². The van der Waals surface area contributed by atoms with Crippen molar-refractivity contribution in [2.75, 3.05) is 33.4 Å². The molecular weight excluding hydrogens is 679 g/mol. The summed E-state index contributed by atoms with van der Waals surface area (Å²) in [6.45, 7) is 33.5. The van der Waals surface area contributed by atoms with Gasteiger partial charge in [-0.2, -0.15) is 0 Å². The van der Waals surface area contributed by atoms with Gasteiger partial charge in [0.25, 0.3) is 0 Å². The van der Waals surface area contributed by atoms with Gasteiger partial charge in [-0.15, -0.1) is 0 Å². The first-order chi connectivity index (χ1) is 25.4. The molecule has 1 aromatic rings. The van der Waals surface area contributed by atoms with Crippen molar-refractivity contribution >= 4 is 11.8 Å². The summed E-state index contributed by atoms with van der Waals surface area (Å²) in [6, 6.07) is 5.78. The molecule has 54 heavy (non-hydrogen) atoms. The van der Waals surface area contributed by atoms with E-state index in [2.05, 4.69) is 60.7 Å². The zero-order valence-corrected chi connectivity index (χ0v) is 37.6. The molecular formula is C45H921N3O6. The van der Waals surface area contributed by atoms with E-state index in [0.717, 1.165) is 12.0 Å². The van der Waals surface area contributed by atoms with Crippen LogP contribution in [0.3, 0.4) is 0 Å². The molecule has 0 spiro atoms. The van der Waals surface area contributed by atoms with Crippen LogP contribution in [0.5, 0.6) is 11.5 Å². The molecule has 0 saturated heterocycles. The van der Waals surface area contributed by atoms with Gasteiger partial charge in [-0.25, -0.2) is 0 Å². The van der Waals surface area contributed by atoms with Crippen molar-refractivity contribution in [2.24, 2.45) is 63.2 Å². The molecule has 1152 valence electrons. The van der Waals surface area contributed by atoms with E-state index < -0.39 is 40.4 Å². The lowest BCUT2D eigenvalue weighted by Crippen LogP contribution is -2.60. The largest absolute Gasteiger partial charge is 0.490 e. The first-order valence-corrected chi connectivity index (χ1v) is 20.4. The van der Waals surface area contributed by atoms with Crippen LogP contribution in [0.4, 0.5) is 0 Å². The summed E-state index contributed by atoms with van der Waals surface area (Å²) < 4.78 is 40.4. The van der Waals surface area contributed by atoms with Crippen molar-refractivity contribution in [3.63, 3.8) is 0 Å². The molecule has 5 N–H and O–H groups in total. The number of methoxy groups -OCH3 is 1. The van der Waals surface area contributed by atoms with Gasteiger partial charge < -0.3 is 35.7 Å². The standard InChI is InChI=1S/C45H83N3O6.419H2/c1-19-31(8)39(32(9)35-21-22-36(52-20-2)37(23-35)54-26-30(7)25-53-29(5)6)34(11)45(17,47)38(51-18)24-43(15,33(10)28(3)4)41(50)48-27-44(16,40(46)49)42(12,13)14;;;;;;;;;;;;;;;;;;;;;;;;;;;;;;;;;;;;;;;;;;;;;;;;;;;;;;;;;;;;;;;;;;;;;;;;;;;;;;;;;;;;;;;;;;;;;;;;;;;;;;;;;;;;;;;;;;;;;;;;;;;;;;;;;;;;;;;;;;;;;;;;;;;;;;;;;;;;;;;;;;;;;;;;;;;;;;;;;;;;;;;;;;;;;;;;;;;;;;;;;;;;;;;;;;;;;;;;;;;;;;;;;;;;;;;;;;;;;;;;;;;;;;;;;;;;;;;;;;;;;;;;;;;;;;;;;;;;;;;;;;;;;;;;;;;;;;;;;;;;;;;;;;;;;;;;;;;;;;;;;;;;;;;;;;;;;;;;;;;;;;;;;;;;;;;;;;;;;;;;;;;;;;;;;;;;;;;;;;;;;;;;;;;;;;;;;;;;;;;;;;;;;;;;;;;;;;;;;;;/h21-23,28-34,38-39H,19-20,24-27,47H2,1-18H3,(H2,46,49)(H,48,50);419*1H/t30?,31?,32?,33?,34?,38-,39+,43+,44?,45+;;;;;;;;;;;;;;;;;;;;;;;;;;;;;;;;;;;;;;;;;;;;;;;;;;;;;;;;;;;;;;;;;;;;;;;;;;;;;;;;;;;;;;;;;;;;;;;;;;;;;;;;;;;;;;;;;;;;;;;;;;;;;;;;;;;;;;;;;;;;;;;;;;;;;;;;;;;;;;;;;;;;;;;;;;;;;;;;;;;;;;;;;;;;;;;;;;;;;;;;;;;;;;;;;;;;;;;;;;;;;;;;;;;;;;;;;;;;;;;;;;;;;;;;;;;;;;;;;;;;;;;;;;;;;;;;;;;;;;;;;;;;;;;;;;;;;;;;;;;;;;;;;;;;;;;;;;;;;;;;;;;;;;;;;;;;;;;;;;;;;;;;;;;;;;;;;;;;;;;;;;;;;;;;;;;;;;;;;;;;;;;;;;;;;;;;;;;;;;;;;;;;;;;;;;;;;;;;;;;/m1.................................................................................................................................................................................................................................................................................................................................................................................................................................../s1/i20D2;;;;;;;;;;;;;;;;;;;;;;;;;;;;;;;;;;;;;;;;;;;;;;;;;;;;;;;;;;;;;;;;;;;;;;;;;;;;;;;;;;;;;;;;;;;;;;;;;;;;;;;;;;;;;;;;;;;;;;;;;;;;;;;;;;;;;;;;;;;;;;;;;;;;;;;;;;;;;;;;;;;;;;;;;;;;;;;;;;;;;;;;;;;;;;;;;;;;;;;;;;;;;;;;;;;;;;;;;;;;;;;;;;;;;;;;;;;;;;;;;;;;;;;;;;;;;;;;;;;;;;;;;;;;;;;;;;;;;;;;;;;;;;;;;;;;;;;;;;;;;;;;;;;;;;;;;;;;;;;;;;;;;;;;;;;;;;;;;;;;;;;;;;;;;;;;;;;;;;;;;;;;;;;;;;;;;;;;;;;;;;;;;;;;;;;;;;;;;;;;;;;;;;;;;;;;;;;;;;;. The highest BCUT2D eigenvalue weighted by Gasteiger charge is 2.50. The molecule has 0 aliphatic heterocycles. The molecule has 2 amide bonds. The molecule has 9 heteroatoms. The summed E-state index contributed by atoms with van der Waals surface area (Å²) in [5.74, 6) is 0.783. The van der Waals surface area contributed by atoms with Gasteiger partial charge in [0, 0.05) is 623 Å². The zero-order valence-electron chi connectivity index (χ0n) is 39.6. The number of hydrogen-bond acceptors (Lipinski definition) is 7. The summed E-state index contributed by atoms with van der Waals surface area (Å²) in [5.41, 5.74) is 11.2. The monoisotopic (exact) mass is 1610 g/mol. The topological polar surface area (TPSA) is 135 Å². The van der Waals surface area contributed by atoms with Crippen LogP contribution >= 0.6 is 0 Å². The summed E-state index contributed by atoms with van der Waals surface area (Å²) in [6.07, 6.45) is 0.922. The van der Waals surface area contributed by atoms with Crippen LogP contribution in [0.25, 0.3) is 0 Å². The van der Waals surface area contributed by atoms with E-state index in [1.807, 2.05) is 67.5 Å². The average molecular weight is 1610 g/mol. The van der Waals surface area contributed by atoms with Crippen molar-refractivity contribution in [3.8, 4) is 11.5 Å². The predicted molar refractivity (Wildman–Crippen MR) is 1110 cm³/mol. The molecule has 1 aromatic carbocycles. The van der Waals surface area contributed by atoms with Gasteiger partial charge in [0.05, 0.1) is 45.6 Å². The number of amides is 2. The van der Waals surface area contributed by atoms with Gasteiger partial charge in [-0.1, -0.05) is 95.6 Å². The Morgan fingerprint density at radius 1 is 0.889 bits per heavy atom. The molecule has 0 heterocycles. The van der Waals surface area contributed by atoms with E-state index in [4.69, 9.17) is 33.2 Å². The summed E-state index contributed by atoms with van der Waals surface area (Å²) >= 11 is 0. The lowest BCUT2D eigenvalue weighted by molar-refractivity contribution is -0.141. The SMILES string of the molecule is [2H]C([2H])(C)Oc1ccc(C(C)[C@H](C(C)CC)C(C)[C@](C)(N)[C@@H](C[C@](C)(C(=O)NCC(C)(C(N)=O)C(C)(C)C)C(C)C(C)C)OC)cc1OCC(C)COC(C)C.[HH].[HH].[HH].[HH].[HH].[HH].[HH].[HH].[HH].[HH].[HH].[HH].[HH].[HH].[HH].[HH].[HH].[HH].[HH].[HH].[HH].[HH].[HH].[HH].[HH].[HH].[HH].[HH].[HH].[HH].[HH].[HH].[HH].[HH].[HH].[HH].[HH].[HH].[HH].[HH].[HH].[HH].[HH].[HH].[HH].[HH].[HH].[HH].[HH].[HH].[HH].[HH].[HH].[HH].[HH].[HH].[HH].[HH].[HH].[HH].[HH].[HH].[HH].[HH].[HH].[HH].[HH].[HH].[HH].[HH].[HH].[HH].[HH].[HH].[HH].[HH].[HH].[HH].[HH].[HH].[HH].[HH].[HH].[HH].[HH].[HH].[HH].[HH].[HH].[HH].[HH].[HH].[HH].[HH].[HH].[HH].[HH].[HH].[HH].[HH].[HH].[HH].[HH].[HH].[HH].[HH].[HH].[HH].[HH].[HH].[HH].[HH].[HH].[HH].[HH].[HH].[HH].[HH].[HH].[HH].[HH].[HH].[HH].[HH].[HH].[HH].[HH].[HH].[HH].[HH].[HH].[HH].[HH].[HH].[HH].[HH].[HH].[HH].[HH].[HH].[HH].[HH].[HH].[HH].[HH].[HH].[HH].[HH].[HH].[HH].[HH].[HH].[HH].[HH].[HH].[HH].[HH].[HH].[HH].[HH].[HH].[HH].[HH].[HH].[HH].[HH].[HH].[HH].[HH].[HH].[HH].[HH].[HH].[HH].[HH].[HH].[HH].[HH].[HH].[HH].[HH].[HH].[HH].[HH].[HH].[HH].[HH].[HH].[HH].[HH].[HH].[HH].[HH].[HH].[HH].[HH].[HH].[HH].[HH].[HH].[HH].[HH].[HH].[HH].[HH].[HH].[HH].[HH].[HH].[HH].[HH].[HH].[HH].[HH].[HH].[HH].[HH].[HH].[HH].[HH].[HH].[HH].[HH].[HH].[HH].[HH].[HH].[HH].[HH].[HH].[HH].[HH].[HH].[HH].[HH].[HH].[HH].[HH].[HH].[HH].[HH].[HH].[HH].[HH].[HH].[HH].[HH].[HH].[HH].[HH].[HH].[HH].[HH].[HH].[HH].[HH].[HH].[HH].[HH].[HH].[HH].[HH].[HH].[HH].[HH].[HH].[HH].[HH].[HH].[HH].[HH].[HH].[HH].[HH].[HH].[HH].[HH].[HH].[HH].[HH].[HH].[HH].[HH].[HH].[HH].[HH].[HH].[HH].[HH].[HH].[HH].[HH].[HH].[HH].[HH].[HH].[HH].[HH].[HH].[HH].[HH].[HH].[HH].[HH].[HH].[HH].[HH].[HH].[HH].[HH].[HH].[HH].[HH].[HH].[HH].[HH].[HH].[HH].[HH].[HH].[HH].[HH].[HH].[HH].[HH].[HH].[HH].[HH].[HH].[HH].[HH].[HH].[HH].[HH].[HH].[HH].[HH].[HH].[HH].[HH].[HH].[HH].[HH].[HH].[HH].[HH].[HH].[HH].[HH].[HH].[HH].[HH].[HH].[HH].[HH].[HH].[HH].[HH].[HH].[HH].[HH].[HH].[HH].[HH].[HH].[HH].[HH].[HH].[HH].[HH].[HH].[HH].[HH].[HH].[HH].[HH].[HH].[HH].[HH].[HH].[HH].[HH].[HH].[HH].[HH].[HH].[HH].[HH].[HH].[HH].[HH].[HH].[HH].[HH].[HH].[HH].[HH].[HH].[HH].[HH].[HH].[HH].[HH].[HH].[HH].[HH].[HH].[HH].[HH].[HH].[HH].[HH].[HH].[HH].[HH].[HH].[HH].[HH].[HH]. The smallest absolute Gasteiger partial charge is 0.226 e. The number of carbonyl (C=O) groups is 2. The first-order valence-electron chi connectivity index (χ1n) is 21.4. The Bertz CT molecular complexity index is 1620. The molecule has 0 saturated carbocycles. The van der Waals surface area contributed by atoms with Crippen molar-refractivity contribution in [1.82, 2.24) is 5.32 Å². The molecule has 1 rings (SSSR count). The van der Waals surface area contributed by atoms with Gasteiger partial charge in [0.2, 0.25) is 11.8 Å². The first kappa shape index (κ1) is 46.0.